The second kappa shape index (κ2) is 12.6. The maximum Gasteiger partial charge on any atom is 0.134 e. The molecule has 0 N–H and O–H groups in total. The maximum absolute atomic E-state index is 12.5. The van der Waals surface area contributed by atoms with Crippen molar-refractivity contribution in [1.82, 2.24) is 4.90 Å². The Kier molecular flexibility index (Phi) is 8.72. The quantitative estimate of drug-likeness (QED) is 0.207. The van der Waals surface area contributed by atoms with Crippen molar-refractivity contribution in [3.8, 4) is 0 Å². The van der Waals surface area contributed by atoms with Crippen molar-refractivity contribution in [3.05, 3.63) is 138 Å². The molecule has 0 radical (unpaired) electrons. The second-order valence-corrected chi connectivity index (χ2v) is 11.6. The summed E-state index contributed by atoms with van der Waals surface area (Å²) in [5, 5.41) is 0. The van der Waals surface area contributed by atoms with Crippen molar-refractivity contribution < 1.29 is 4.79 Å². The SMILES string of the molecule is CC(=O)C(Cc1ccccc1)CN1CC[C@@](C)(c2cccc(N=C(c3ccccc3)c3ccccc3)c2)C(C)C1. The number of hydrogen-bond donors (Lipinski definition) is 0. The zero-order chi connectivity index (χ0) is 28.0. The number of ketones is 1. The van der Waals surface area contributed by atoms with Crippen LogP contribution < -0.4 is 0 Å². The molecule has 0 aromatic heterocycles. The van der Waals surface area contributed by atoms with Crippen LogP contribution in [0.4, 0.5) is 5.69 Å². The number of aliphatic imine (C=N–C) groups is 1. The van der Waals surface area contributed by atoms with Crippen molar-refractivity contribution in [2.45, 2.75) is 39.0 Å². The van der Waals surface area contributed by atoms with Crippen LogP contribution >= 0.6 is 0 Å². The molecule has 1 heterocycles. The van der Waals surface area contributed by atoms with Crippen LogP contribution in [-0.2, 0) is 16.6 Å². The van der Waals surface area contributed by atoms with Gasteiger partial charge in [-0.1, -0.05) is 117 Å². The Bertz CT molecular complexity index is 1390. The van der Waals surface area contributed by atoms with Gasteiger partial charge in [-0.15, -0.1) is 0 Å². The van der Waals surface area contributed by atoms with E-state index in [2.05, 4.69) is 116 Å². The summed E-state index contributed by atoms with van der Waals surface area (Å²) in [6, 6.07) is 40.1. The zero-order valence-electron chi connectivity index (χ0n) is 24.0. The Morgan fingerprint density at radius 1 is 0.875 bits per heavy atom. The lowest BCUT2D eigenvalue weighted by Crippen LogP contribution is -2.49. The van der Waals surface area contributed by atoms with Gasteiger partial charge in [0.1, 0.15) is 5.78 Å². The number of benzene rings is 4. The van der Waals surface area contributed by atoms with E-state index in [1.165, 1.54) is 11.1 Å². The van der Waals surface area contributed by atoms with Gasteiger partial charge >= 0.3 is 0 Å². The lowest BCUT2D eigenvalue weighted by molar-refractivity contribution is -0.121. The van der Waals surface area contributed by atoms with Crippen LogP contribution in [0.2, 0.25) is 0 Å². The molecule has 204 valence electrons. The van der Waals surface area contributed by atoms with E-state index in [-0.39, 0.29) is 17.1 Å². The van der Waals surface area contributed by atoms with Gasteiger partial charge in [0.2, 0.25) is 0 Å². The van der Waals surface area contributed by atoms with E-state index >= 15 is 0 Å². The van der Waals surface area contributed by atoms with Gasteiger partial charge in [0.05, 0.1) is 11.4 Å². The van der Waals surface area contributed by atoms with Crippen LogP contribution in [-0.4, -0.2) is 36.0 Å². The van der Waals surface area contributed by atoms with Crippen LogP contribution in [0.5, 0.6) is 0 Å². The fraction of sp³-hybridized carbons (Fsp3) is 0.297. The van der Waals surface area contributed by atoms with E-state index in [0.29, 0.717) is 5.92 Å². The van der Waals surface area contributed by atoms with Gasteiger partial charge < -0.3 is 4.90 Å². The van der Waals surface area contributed by atoms with Gasteiger partial charge in [0.25, 0.3) is 0 Å². The molecule has 0 spiro atoms. The van der Waals surface area contributed by atoms with E-state index in [1.807, 2.05) is 18.2 Å². The summed E-state index contributed by atoms with van der Waals surface area (Å²) in [6.07, 6.45) is 1.87. The van der Waals surface area contributed by atoms with Crippen molar-refractivity contribution in [2.75, 3.05) is 19.6 Å². The Morgan fingerprint density at radius 3 is 2.05 bits per heavy atom. The molecule has 2 unspecified atom stereocenters. The third kappa shape index (κ3) is 6.48. The fourth-order valence-corrected chi connectivity index (χ4v) is 6.01. The van der Waals surface area contributed by atoms with Gasteiger partial charge in [0, 0.05) is 30.1 Å². The molecule has 4 aromatic carbocycles. The molecule has 5 rings (SSSR count). The van der Waals surface area contributed by atoms with Gasteiger partial charge in [0.15, 0.2) is 0 Å². The molecule has 40 heavy (non-hydrogen) atoms. The number of likely N-dealkylation sites (tertiary alicyclic amines) is 1. The van der Waals surface area contributed by atoms with Gasteiger partial charge in [-0.2, -0.15) is 0 Å². The lowest BCUT2D eigenvalue weighted by Gasteiger charge is -2.45. The predicted molar refractivity (Wildman–Crippen MR) is 167 cm³/mol. The average molecular weight is 529 g/mol. The van der Waals surface area contributed by atoms with Crippen LogP contribution in [0, 0.1) is 11.8 Å². The number of carbonyl (C=O) groups is 1. The number of rotatable bonds is 9. The molecule has 3 nitrogen and oxygen atoms in total. The first-order valence-corrected chi connectivity index (χ1v) is 14.5. The van der Waals surface area contributed by atoms with Crippen molar-refractivity contribution >= 4 is 17.2 Å². The Labute approximate surface area is 239 Å². The molecule has 1 fully saturated rings. The van der Waals surface area contributed by atoms with Crippen LogP contribution in [0.15, 0.2) is 120 Å². The summed E-state index contributed by atoms with van der Waals surface area (Å²) in [7, 11) is 0. The first-order valence-electron chi connectivity index (χ1n) is 14.5. The standard InChI is InChI=1S/C37H40N2O/c1-28-26-39(27-33(29(2)40)24-30-14-7-4-8-15-30)23-22-37(28,3)34-20-13-21-35(25-34)38-36(31-16-9-5-10-17-31)32-18-11-6-12-19-32/h4-21,25,28,33H,22-24,26-27H2,1-3H3/t28?,33?,37-/m1/s1. The maximum atomic E-state index is 12.5. The molecule has 1 aliphatic rings. The summed E-state index contributed by atoms with van der Waals surface area (Å²) in [5.74, 6) is 0.765. The molecule has 0 aliphatic carbocycles. The highest BCUT2D eigenvalue weighted by Crippen LogP contribution is 2.40. The zero-order valence-corrected chi connectivity index (χ0v) is 24.0. The van der Waals surface area contributed by atoms with Gasteiger partial charge in [-0.05, 0) is 60.9 Å². The smallest absolute Gasteiger partial charge is 0.134 e. The molecule has 1 saturated heterocycles. The fourth-order valence-electron chi connectivity index (χ4n) is 6.01. The molecule has 1 aliphatic heterocycles. The minimum atomic E-state index is 0.0333. The molecule has 0 saturated carbocycles. The molecular formula is C37H40N2O. The molecule has 0 amide bonds. The van der Waals surface area contributed by atoms with Crippen molar-refractivity contribution in [3.63, 3.8) is 0 Å². The second-order valence-electron chi connectivity index (χ2n) is 11.6. The molecule has 3 heteroatoms. The lowest BCUT2D eigenvalue weighted by atomic mass is 9.68. The molecular weight excluding hydrogens is 488 g/mol. The minimum Gasteiger partial charge on any atom is -0.302 e. The van der Waals surface area contributed by atoms with Gasteiger partial charge in [-0.3, -0.25) is 4.79 Å². The Balaban J connectivity index is 1.35. The van der Waals surface area contributed by atoms with E-state index in [1.54, 1.807) is 6.92 Å². The van der Waals surface area contributed by atoms with E-state index in [9.17, 15) is 4.79 Å². The number of piperidine rings is 1. The van der Waals surface area contributed by atoms with Gasteiger partial charge in [-0.25, -0.2) is 4.99 Å². The molecule has 4 aromatic rings. The number of carbonyl (C=O) groups excluding carboxylic acids is 1. The summed E-state index contributed by atoms with van der Waals surface area (Å²) in [6.45, 7) is 9.32. The number of nitrogens with zero attached hydrogens (tertiary/aromatic N) is 2. The summed E-state index contributed by atoms with van der Waals surface area (Å²) in [5.41, 5.74) is 6.82. The first-order chi connectivity index (χ1) is 19.4. The largest absolute Gasteiger partial charge is 0.302 e. The minimum absolute atomic E-state index is 0.0333. The molecule has 3 atom stereocenters. The Hall–Kier alpha value is -3.82. The third-order valence-electron chi connectivity index (χ3n) is 8.79. The summed E-state index contributed by atoms with van der Waals surface area (Å²) >= 11 is 0. The topological polar surface area (TPSA) is 32.7 Å². The summed E-state index contributed by atoms with van der Waals surface area (Å²) < 4.78 is 0. The monoisotopic (exact) mass is 528 g/mol. The highest BCUT2D eigenvalue weighted by molar-refractivity contribution is 6.13. The molecule has 0 bridgehead atoms. The predicted octanol–water partition coefficient (Wildman–Crippen LogP) is 7.90. The van der Waals surface area contributed by atoms with E-state index in [4.69, 9.17) is 4.99 Å². The Morgan fingerprint density at radius 2 is 1.48 bits per heavy atom. The number of hydrogen-bond acceptors (Lipinski definition) is 3. The number of Topliss-reactive ketones (excluding diaryl/α,β-unsaturated/α-hetero) is 1. The highest BCUT2D eigenvalue weighted by atomic mass is 16.1. The van der Waals surface area contributed by atoms with Crippen LogP contribution in [0.3, 0.4) is 0 Å². The first kappa shape index (κ1) is 27.7. The summed E-state index contributed by atoms with van der Waals surface area (Å²) in [4.78, 5) is 20.2. The van der Waals surface area contributed by atoms with Crippen molar-refractivity contribution in [1.29, 1.82) is 0 Å². The van der Waals surface area contributed by atoms with Crippen LogP contribution in [0.1, 0.15) is 49.4 Å². The highest BCUT2D eigenvalue weighted by Gasteiger charge is 2.38. The third-order valence-corrected chi connectivity index (χ3v) is 8.79. The van der Waals surface area contributed by atoms with Crippen molar-refractivity contribution in [2.24, 2.45) is 16.8 Å². The van der Waals surface area contributed by atoms with E-state index in [0.717, 1.165) is 55.0 Å². The van der Waals surface area contributed by atoms with Crippen LogP contribution in [0.25, 0.3) is 0 Å². The normalized spacial score (nSPS) is 20.0. The average Bonchev–Trinajstić information content (AvgIpc) is 2.99. The van der Waals surface area contributed by atoms with E-state index < -0.39 is 0 Å².